The van der Waals surface area contributed by atoms with Crippen LogP contribution < -0.4 is 5.73 Å². The van der Waals surface area contributed by atoms with E-state index in [4.69, 9.17) is 15.9 Å². The quantitative estimate of drug-likeness (QED) is 0.485. The minimum atomic E-state index is -0.249. The topological polar surface area (TPSA) is 86.8 Å². The van der Waals surface area contributed by atoms with Crippen molar-refractivity contribution in [3.05, 3.63) is 0 Å². The lowest BCUT2D eigenvalue weighted by Gasteiger charge is -2.25. The fourth-order valence-corrected chi connectivity index (χ4v) is 1.81. The van der Waals surface area contributed by atoms with Crippen LogP contribution in [0.25, 0.3) is 0 Å². The van der Waals surface area contributed by atoms with Gasteiger partial charge in [-0.3, -0.25) is 4.79 Å². The van der Waals surface area contributed by atoms with E-state index in [1.165, 1.54) is 0 Å². The van der Waals surface area contributed by atoms with Crippen LogP contribution in [0.2, 0.25) is 0 Å². The number of aliphatic hydroxyl groups excluding tert-OH is 2. The molecule has 0 radical (unpaired) electrons. The Bertz CT molecular complexity index is 186. The van der Waals surface area contributed by atoms with E-state index in [1.807, 2.05) is 0 Å². The Morgan fingerprint density at radius 3 is 2.62 bits per heavy atom. The first kappa shape index (κ1) is 10.4. The second kappa shape index (κ2) is 4.55. The largest absolute Gasteiger partial charge is 0.396 e. The summed E-state index contributed by atoms with van der Waals surface area (Å²) in [6, 6.07) is -0.249. The normalized spacial score (nSPS) is 28.1. The van der Waals surface area contributed by atoms with Crippen LogP contribution in [0.3, 0.4) is 0 Å². The van der Waals surface area contributed by atoms with Gasteiger partial charge in [-0.05, 0) is 6.42 Å². The summed E-state index contributed by atoms with van der Waals surface area (Å²) in [5, 5.41) is 18.0. The number of carbonyl (C=O) groups is 1. The second-order valence-corrected chi connectivity index (χ2v) is 3.27. The molecular formula is C8H16N2O3. The van der Waals surface area contributed by atoms with Crippen LogP contribution in [-0.2, 0) is 4.79 Å². The zero-order valence-electron chi connectivity index (χ0n) is 7.52. The SMILES string of the molecule is NCC(=O)N1CC[C@H](CO)[C@@H]1CO. The van der Waals surface area contributed by atoms with E-state index in [-0.39, 0.29) is 37.6 Å². The fourth-order valence-electron chi connectivity index (χ4n) is 1.81. The lowest BCUT2D eigenvalue weighted by Crippen LogP contribution is -2.43. The highest BCUT2D eigenvalue weighted by Crippen LogP contribution is 2.23. The first-order chi connectivity index (χ1) is 6.24. The first-order valence-corrected chi connectivity index (χ1v) is 4.45. The van der Waals surface area contributed by atoms with Crippen molar-refractivity contribution in [2.45, 2.75) is 12.5 Å². The number of hydrogen-bond donors (Lipinski definition) is 3. The maximum absolute atomic E-state index is 11.3. The van der Waals surface area contributed by atoms with Gasteiger partial charge in [-0.25, -0.2) is 0 Å². The molecule has 1 rings (SSSR count). The van der Waals surface area contributed by atoms with Crippen LogP contribution in [0.4, 0.5) is 0 Å². The Balaban J connectivity index is 2.62. The average Bonchev–Trinajstić information content (AvgIpc) is 2.58. The minimum absolute atomic E-state index is 0.000463. The molecule has 1 saturated heterocycles. The number of nitrogens with two attached hydrogens (primary N) is 1. The van der Waals surface area contributed by atoms with Gasteiger partial charge in [-0.1, -0.05) is 0 Å². The van der Waals surface area contributed by atoms with Gasteiger partial charge in [-0.2, -0.15) is 0 Å². The predicted molar refractivity (Wildman–Crippen MR) is 46.8 cm³/mol. The molecule has 76 valence electrons. The van der Waals surface area contributed by atoms with Gasteiger partial charge in [0.15, 0.2) is 0 Å². The molecule has 2 atom stereocenters. The van der Waals surface area contributed by atoms with E-state index in [1.54, 1.807) is 4.90 Å². The molecule has 5 heteroatoms. The maximum atomic E-state index is 11.3. The number of aliphatic hydroxyl groups is 2. The van der Waals surface area contributed by atoms with Crippen LogP contribution in [0.5, 0.6) is 0 Å². The molecule has 0 aromatic heterocycles. The summed E-state index contributed by atoms with van der Waals surface area (Å²) in [6.07, 6.45) is 0.744. The van der Waals surface area contributed by atoms with Crippen molar-refractivity contribution >= 4 is 5.91 Å². The van der Waals surface area contributed by atoms with Crippen molar-refractivity contribution in [2.75, 3.05) is 26.3 Å². The second-order valence-electron chi connectivity index (χ2n) is 3.27. The summed E-state index contributed by atoms with van der Waals surface area (Å²) in [5.41, 5.74) is 5.22. The maximum Gasteiger partial charge on any atom is 0.236 e. The molecule has 1 aliphatic heterocycles. The average molecular weight is 188 g/mol. The molecule has 0 spiro atoms. The number of likely N-dealkylation sites (tertiary alicyclic amines) is 1. The van der Waals surface area contributed by atoms with Gasteiger partial charge in [0, 0.05) is 19.1 Å². The number of carbonyl (C=O) groups excluding carboxylic acids is 1. The third-order valence-electron chi connectivity index (χ3n) is 2.60. The van der Waals surface area contributed by atoms with Gasteiger partial charge in [0.25, 0.3) is 0 Å². The van der Waals surface area contributed by atoms with Crippen molar-refractivity contribution in [3.8, 4) is 0 Å². The highest BCUT2D eigenvalue weighted by atomic mass is 16.3. The molecule has 5 nitrogen and oxygen atoms in total. The molecule has 0 saturated carbocycles. The highest BCUT2D eigenvalue weighted by Gasteiger charge is 2.35. The van der Waals surface area contributed by atoms with Crippen LogP contribution in [-0.4, -0.2) is 53.4 Å². The molecule has 0 aliphatic carbocycles. The van der Waals surface area contributed by atoms with Crippen molar-refractivity contribution in [3.63, 3.8) is 0 Å². The molecule has 13 heavy (non-hydrogen) atoms. The summed E-state index contributed by atoms with van der Waals surface area (Å²) in [6.45, 7) is 0.470. The van der Waals surface area contributed by atoms with Crippen molar-refractivity contribution in [1.29, 1.82) is 0 Å². The number of rotatable bonds is 3. The summed E-state index contributed by atoms with van der Waals surface area (Å²) in [4.78, 5) is 12.8. The summed E-state index contributed by atoms with van der Waals surface area (Å²) in [5.74, 6) is -0.157. The number of hydrogen-bond acceptors (Lipinski definition) is 4. The first-order valence-electron chi connectivity index (χ1n) is 4.45. The minimum Gasteiger partial charge on any atom is -0.396 e. The van der Waals surface area contributed by atoms with E-state index in [9.17, 15) is 4.79 Å². The molecular weight excluding hydrogens is 172 g/mol. The summed E-state index contributed by atoms with van der Waals surface area (Å²) >= 11 is 0. The zero-order chi connectivity index (χ0) is 9.84. The molecule has 1 aliphatic rings. The Labute approximate surface area is 77.1 Å². The lowest BCUT2D eigenvalue weighted by atomic mass is 10.0. The van der Waals surface area contributed by atoms with E-state index in [0.29, 0.717) is 6.54 Å². The molecule has 0 unspecified atom stereocenters. The van der Waals surface area contributed by atoms with Gasteiger partial charge in [-0.15, -0.1) is 0 Å². The summed E-state index contributed by atoms with van der Waals surface area (Å²) < 4.78 is 0. The van der Waals surface area contributed by atoms with E-state index >= 15 is 0 Å². The number of amides is 1. The van der Waals surface area contributed by atoms with Gasteiger partial charge in [0.2, 0.25) is 5.91 Å². The monoisotopic (exact) mass is 188 g/mol. The standard InChI is InChI=1S/C8H16N2O3/c9-3-8(13)10-2-1-6(4-11)7(10)5-12/h6-7,11-12H,1-5,9H2/t6-,7+/m1/s1. The van der Waals surface area contributed by atoms with Gasteiger partial charge < -0.3 is 20.8 Å². The highest BCUT2D eigenvalue weighted by molar-refractivity contribution is 5.78. The molecule has 4 N–H and O–H groups in total. The summed E-state index contributed by atoms with van der Waals surface area (Å²) in [7, 11) is 0. The van der Waals surface area contributed by atoms with E-state index < -0.39 is 0 Å². The Kier molecular flexibility index (Phi) is 3.65. The van der Waals surface area contributed by atoms with Crippen LogP contribution in [0, 0.1) is 5.92 Å². The van der Waals surface area contributed by atoms with Gasteiger partial charge >= 0.3 is 0 Å². The lowest BCUT2D eigenvalue weighted by molar-refractivity contribution is -0.131. The van der Waals surface area contributed by atoms with Crippen molar-refractivity contribution < 1.29 is 15.0 Å². The van der Waals surface area contributed by atoms with E-state index in [0.717, 1.165) is 6.42 Å². The van der Waals surface area contributed by atoms with E-state index in [2.05, 4.69) is 0 Å². The predicted octanol–water partition coefficient (Wildman–Crippen LogP) is -1.85. The third kappa shape index (κ3) is 1.99. The van der Waals surface area contributed by atoms with Gasteiger partial charge in [0.05, 0.1) is 19.2 Å². The van der Waals surface area contributed by atoms with Crippen LogP contribution in [0.15, 0.2) is 0 Å². The van der Waals surface area contributed by atoms with Crippen molar-refractivity contribution in [1.82, 2.24) is 4.90 Å². The molecule has 1 heterocycles. The smallest absolute Gasteiger partial charge is 0.236 e. The Hall–Kier alpha value is -0.650. The third-order valence-corrected chi connectivity index (χ3v) is 2.60. The molecule has 0 bridgehead atoms. The Morgan fingerprint density at radius 2 is 2.15 bits per heavy atom. The molecule has 0 aromatic carbocycles. The fraction of sp³-hybridized carbons (Fsp3) is 0.875. The molecule has 0 aromatic rings. The van der Waals surface area contributed by atoms with Gasteiger partial charge in [0.1, 0.15) is 0 Å². The molecule has 1 fully saturated rings. The van der Waals surface area contributed by atoms with Crippen molar-refractivity contribution in [2.24, 2.45) is 11.7 Å². The van der Waals surface area contributed by atoms with Crippen LogP contribution >= 0.6 is 0 Å². The number of nitrogens with zero attached hydrogens (tertiary/aromatic N) is 1. The zero-order valence-corrected chi connectivity index (χ0v) is 7.52. The van der Waals surface area contributed by atoms with Crippen LogP contribution in [0.1, 0.15) is 6.42 Å². The Morgan fingerprint density at radius 1 is 1.46 bits per heavy atom. The molecule has 1 amide bonds.